The van der Waals surface area contributed by atoms with Crippen LogP contribution in [0.3, 0.4) is 0 Å². The van der Waals surface area contributed by atoms with Crippen molar-refractivity contribution >= 4 is 50.8 Å². The van der Waals surface area contributed by atoms with E-state index in [0.29, 0.717) is 10.7 Å². The molecule has 24 heavy (non-hydrogen) atoms. The van der Waals surface area contributed by atoms with Gasteiger partial charge in [-0.25, -0.2) is 3.89 Å². The fourth-order valence-corrected chi connectivity index (χ4v) is 2.68. The largest absolute Gasteiger partial charge is 0.701 e. The molecule has 0 bridgehead atoms. The van der Waals surface area contributed by atoms with Gasteiger partial charge in [-0.1, -0.05) is 23.2 Å². The van der Waals surface area contributed by atoms with Crippen LogP contribution in [0.15, 0.2) is 42.5 Å². The van der Waals surface area contributed by atoms with Gasteiger partial charge in [0, 0.05) is 21.8 Å². The molecule has 2 aromatic carbocycles. The summed E-state index contributed by atoms with van der Waals surface area (Å²) >= 11 is 11.7. The Balaban J connectivity index is 2.47. The lowest BCUT2D eigenvalue weighted by molar-refractivity contribution is 0.102. The first-order valence-corrected chi connectivity index (χ1v) is 8.81. The van der Waals surface area contributed by atoms with Crippen LogP contribution in [0.4, 0.5) is 11.4 Å². The number of quaternary nitrogens is 1. The lowest BCUT2D eigenvalue weighted by Crippen LogP contribution is -2.47. The van der Waals surface area contributed by atoms with Gasteiger partial charge in [0.15, 0.2) is 5.69 Å². The molecule has 0 saturated carbocycles. The molecule has 0 unspecified atom stereocenters. The highest BCUT2D eigenvalue weighted by molar-refractivity contribution is 7.85. The van der Waals surface area contributed by atoms with Crippen molar-refractivity contribution < 1.29 is 17.8 Å². The molecule has 0 aromatic heterocycles. The SMILES string of the molecule is C[N+](C)(c1cc(Cl)ccc1C(=O)Nc1ccc(Cl)cc1)S(=O)(=O)[O-]. The molecule has 9 heteroatoms. The Hall–Kier alpha value is -1.64. The minimum absolute atomic E-state index is 0.0241. The predicted octanol–water partition coefficient (Wildman–Crippen LogP) is 3.27. The van der Waals surface area contributed by atoms with Crippen LogP contribution < -0.4 is 9.21 Å². The van der Waals surface area contributed by atoms with Crippen molar-refractivity contribution in [2.24, 2.45) is 0 Å². The van der Waals surface area contributed by atoms with E-state index in [1.54, 1.807) is 24.3 Å². The normalized spacial score (nSPS) is 12.0. The van der Waals surface area contributed by atoms with Crippen LogP contribution in [0.2, 0.25) is 10.0 Å². The monoisotopic (exact) mass is 388 g/mol. The van der Waals surface area contributed by atoms with Gasteiger partial charge in [-0.05, 0) is 36.4 Å². The quantitative estimate of drug-likeness (QED) is 0.642. The third-order valence-electron chi connectivity index (χ3n) is 3.45. The van der Waals surface area contributed by atoms with Gasteiger partial charge in [-0.2, -0.15) is 8.42 Å². The Labute approximate surface area is 150 Å². The summed E-state index contributed by atoms with van der Waals surface area (Å²) in [7, 11) is -2.43. The standard InChI is InChI=1S/C15H14Cl2N2O4S/c1-19(2,24(21,22)23)14-9-11(17)5-8-13(14)15(20)18-12-6-3-10(16)4-7-12/h3-9H,1-2H3,(H-,18,20,21,22,23). The summed E-state index contributed by atoms with van der Waals surface area (Å²) in [5.74, 6) is -0.571. The van der Waals surface area contributed by atoms with Crippen LogP contribution >= 0.6 is 23.2 Å². The van der Waals surface area contributed by atoms with E-state index in [1.165, 1.54) is 32.3 Å². The van der Waals surface area contributed by atoms with Crippen molar-refractivity contribution in [1.82, 2.24) is 3.89 Å². The molecule has 0 saturated heterocycles. The Morgan fingerprint density at radius 2 is 1.58 bits per heavy atom. The third-order valence-corrected chi connectivity index (χ3v) is 5.25. The van der Waals surface area contributed by atoms with Gasteiger partial charge < -0.3 is 9.87 Å². The molecule has 128 valence electrons. The molecular weight excluding hydrogens is 375 g/mol. The zero-order valence-electron chi connectivity index (χ0n) is 12.8. The van der Waals surface area contributed by atoms with Crippen LogP contribution in [-0.4, -0.2) is 33.0 Å². The van der Waals surface area contributed by atoms with E-state index in [2.05, 4.69) is 5.32 Å². The highest BCUT2D eigenvalue weighted by atomic mass is 35.5. The number of halogens is 2. The van der Waals surface area contributed by atoms with Gasteiger partial charge in [0.25, 0.3) is 16.2 Å². The number of nitrogens with zero attached hydrogens (tertiary/aromatic N) is 1. The summed E-state index contributed by atoms with van der Waals surface area (Å²) in [6.45, 7) is 0. The molecule has 6 nitrogen and oxygen atoms in total. The molecular formula is C15H14Cl2N2O4S. The summed E-state index contributed by atoms with van der Waals surface area (Å²) in [4.78, 5) is 12.5. The molecule has 0 atom stereocenters. The van der Waals surface area contributed by atoms with Crippen LogP contribution in [0.1, 0.15) is 10.4 Å². The maximum atomic E-state index is 12.5. The molecule has 0 aliphatic rings. The van der Waals surface area contributed by atoms with Gasteiger partial charge >= 0.3 is 0 Å². The fourth-order valence-electron chi connectivity index (χ4n) is 1.99. The summed E-state index contributed by atoms with van der Waals surface area (Å²) in [6, 6.07) is 10.5. The smallest absolute Gasteiger partial charge is 0.261 e. The summed E-state index contributed by atoms with van der Waals surface area (Å²) < 4.78 is 33.6. The molecule has 2 rings (SSSR count). The highest BCUT2D eigenvalue weighted by Gasteiger charge is 2.32. The molecule has 0 radical (unpaired) electrons. The topological polar surface area (TPSA) is 86.3 Å². The zero-order chi connectivity index (χ0) is 18.1. The minimum Gasteiger partial charge on any atom is -0.701 e. The molecule has 0 spiro atoms. The predicted molar refractivity (Wildman–Crippen MR) is 94.2 cm³/mol. The third kappa shape index (κ3) is 3.88. The second-order valence-electron chi connectivity index (χ2n) is 5.40. The first-order valence-electron chi connectivity index (χ1n) is 6.69. The minimum atomic E-state index is -4.78. The molecule has 2 aromatic rings. The first kappa shape index (κ1) is 18.7. The van der Waals surface area contributed by atoms with E-state index >= 15 is 0 Å². The van der Waals surface area contributed by atoms with E-state index in [-0.39, 0.29) is 16.3 Å². The van der Waals surface area contributed by atoms with Gasteiger partial charge in [0.1, 0.15) is 5.56 Å². The average molecular weight is 389 g/mol. The molecule has 0 fully saturated rings. The maximum absolute atomic E-state index is 12.5. The van der Waals surface area contributed by atoms with Crippen molar-refractivity contribution in [1.29, 1.82) is 0 Å². The van der Waals surface area contributed by atoms with Crippen molar-refractivity contribution in [2.45, 2.75) is 0 Å². The number of benzene rings is 2. The summed E-state index contributed by atoms with van der Waals surface area (Å²) in [5.41, 5.74) is 0.475. The lowest BCUT2D eigenvalue weighted by Gasteiger charge is -2.31. The second-order valence-corrected chi connectivity index (χ2v) is 8.04. The number of rotatable bonds is 4. The Morgan fingerprint density at radius 1 is 1.04 bits per heavy atom. The number of hydrogen-bond donors (Lipinski definition) is 1. The van der Waals surface area contributed by atoms with Crippen molar-refractivity contribution in [3.8, 4) is 0 Å². The van der Waals surface area contributed by atoms with Crippen molar-refractivity contribution in [2.75, 3.05) is 19.4 Å². The number of anilines is 1. The van der Waals surface area contributed by atoms with Gasteiger partial charge in [-0.15, -0.1) is 0 Å². The zero-order valence-corrected chi connectivity index (χ0v) is 15.1. The van der Waals surface area contributed by atoms with Gasteiger partial charge in [0.05, 0.1) is 14.1 Å². The Bertz CT molecular complexity index is 881. The molecule has 1 amide bonds. The van der Waals surface area contributed by atoms with Crippen LogP contribution in [0.25, 0.3) is 0 Å². The highest BCUT2D eigenvalue weighted by Crippen LogP contribution is 2.31. The lowest BCUT2D eigenvalue weighted by atomic mass is 10.1. The summed E-state index contributed by atoms with van der Waals surface area (Å²) in [6.07, 6.45) is 0. The van der Waals surface area contributed by atoms with Gasteiger partial charge in [0.2, 0.25) is 0 Å². The first-order chi connectivity index (χ1) is 11.0. The molecule has 0 aliphatic carbocycles. The van der Waals surface area contributed by atoms with E-state index in [1.807, 2.05) is 0 Å². The van der Waals surface area contributed by atoms with Crippen LogP contribution in [-0.2, 0) is 10.3 Å². The second kappa shape index (κ2) is 6.70. The van der Waals surface area contributed by atoms with Crippen LogP contribution in [0, 0.1) is 0 Å². The van der Waals surface area contributed by atoms with Crippen molar-refractivity contribution in [3.05, 3.63) is 58.1 Å². The molecule has 1 N–H and O–H groups in total. The number of carbonyl (C=O) groups is 1. The molecule has 0 aliphatic heterocycles. The van der Waals surface area contributed by atoms with E-state index in [0.717, 1.165) is 0 Å². The van der Waals surface area contributed by atoms with Crippen molar-refractivity contribution in [3.63, 3.8) is 0 Å². The van der Waals surface area contributed by atoms with E-state index < -0.39 is 20.1 Å². The fraction of sp³-hybridized carbons (Fsp3) is 0.133. The van der Waals surface area contributed by atoms with E-state index in [4.69, 9.17) is 23.2 Å². The Kier molecular flexibility index (Phi) is 5.22. The number of nitrogens with one attached hydrogen (secondary N) is 1. The number of carbonyl (C=O) groups excluding carboxylic acids is 1. The van der Waals surface area contributed by atoms with E-state index in [9.17, 15) is 17.8 Å². The number of amides is 1. The molecule has 0 heterocycles. The van der Waals surface area contributed by atoms with Crippen LogP contribution in [0.5, 0.6) is 0 Å². The average Bonchev–Trinajstić information content (AvgIpc) is 2.48. The van der Waals surface area contributed by atoms with Gasteiger partial charge in [-0.3, -0.25) is 4.79 Å². The number of hydrogen-bond acceptors (Lipinski definition) is 4. The summed E-state index contributed by atoms with van der Waals surface area (Å²) in [5, 5.41) is 3.34. The maximum Gasteiger partial charge on any atom is 0.261 e. The Morgan fingerprint density at radius 3 is 2.12 bits per heavy atom.